The molecule has 96 valence electrons. The van der Waals surface area contributed by atoms with Crippen molar-refractivity contribution >= 4 is 5.69 Å². The van der Waals surface area contributed by atoms with Crippen LogP contribution in [0.4, 0.5) is 5.69 Å². The summed E-state index contributed by atoms with van der Waals surface area (Å²) in [6.07, 6.45) is 1.76. The van der Waals surface area contributed by atoms with Gasteiger partial charge in [0.1, 0.15) is 5.82 Å². The highest BCUT2D eigenvalue weighted by Gasteiger charge is 2.14. The van der Waals surface area contributed by atoms with Gasteiger partial charge in [0.15, 0.2) is 5.82 Å². The number of hydrogen-bond donors (Lipinski definition) is 1. The average molecular weight is 244 g/mol. The monoisotopic (exact) mass is 244 g/mol. The van der Waals surface area contributed by atoms with Crippen molar-refractivity contribution in [2.75, 3.05) is 5.73 Å². The van der Waals surface area contributed by atoms with Gasteiger partial charge in [0.05, 0.1) is 6.04 Å². The molecule has 0 saturated carbocycles. The lowest BCUT2D eigenvalue weighted by molar-refractivity contribution is 0.533. The molecule has 1 unspecified atom stereocenters. The Hall–Kier alpha value is -1.84. The Labute approximate surface area is 108 Å². The molecule has 1 aromatic carbocycles. The molecule has 0 aliphatic rings. The molecular weight excluding hydrogens is 224 g/mol. The minimum absolute atomic E-state index is 0.188. The van der Waals surface area contributed by atoms with Crippen LogP contribution in [0.25, 0.3) is 0 Å². The molecule has 18 heavy (non-hydrogen) atoms. The standard InChI is InChI=1S/C14H20N4/c1-4-13-16-14(5-2)18(17-13)10(3)11-6-8-12(15)9-7-11/h6-10H,4-5,15H2,1-3H3. The molecule has 1 heterocycles. The quantitative estimate of drug-likeness (QED) is 0.841. The van der Waals surface area contributed by atoms with E-state index < -0.39 is 0 Å². The van der Waals surface area contributed by atoms with Gasteiger partial charge in [0.2, 0.25) is 0 Å². The predicted molar refractivity (Wildman–Crippen MR) is 73.4 cm³/mol. The van der Waals surface area contributed by atoms with Crippen molar-refractivity contribution in [1.29, 1.82) is 0 Å². The van der Waals surface area contributed by atoms with Gasteiger partial charge >= 0.3 is 0 Å². The van der Waals surface area contributed by atoms with E-state index in [0.29, 0.717) is 0 Å². The summed E-state index contributed by atoms with van der Waals surface area (Å²) in [4.78, 5) is 4.54. The number of aryl methyl sites for hydroxylation is 2. The van der Waals surface area contributed by atoms with E-state index in [-0.39, 0.29) is 6.04 Å². The Kier molecular flexibility index (Phi) is 3.65. The molecule has 0 spiro atoms. The molecule has 4 heteroatoms. The van der Waals surface area contributed by atoms with Gasteiger partial charge in [-0.25, -0.2) is 9.67 Å². The minimum atomic E-state index is 0.188. The van der Waals surface area contributed by atoms with Crippen molar-refractivity contribution in [3.05, 3.63) is 41.5 Å². The highest BCUT2D eigenvalue weighted by molar-refractivity contribution is 5.40. The molecule has 0 amide bonds. The topological polar surface area (TPSA) is 56.7 Å². The van der Waals surface area contributed by atoms with Gasteiger partial charge in [-0.05, 0) is 24.6 Å². The van der Waals surface area contributed by atoms with E-state index in [1.54, 1.807) is 0 Å². The number of rotatable bonds is 4. The molecule has 0 aliphatic heterocycles. The summed E-state index contributed by atoms with van der Waals surface area (Å²) in [5.74, 6) is 1.95. The third-order valence-electron chi connectivity index (χ3n) is 3.16. The smallest absolute Gasteiger partial charge is 0.150 e. The fourth-order valence-corrected chi connectivity index (χ4v) is 2.02. The Morgan fingerprint density at radius 2 is 1.83 bits per heavy atom. The number of hydrogen-bond acceptors (Lipinski definition) is 3. The van der Waals surface area contributed by atoms with Crippen LogP contribution in [0.1, 0.15) is 44.0 Å². The van der Waals surface area contributed by atoms with Crippen molar-refractivity contribution in [3.8, 4) is 0 Å². The first-order chi connectivity index (χ1) is 8.65. The number of nitrogen functional groups attached to an aromatic ring is 1. The van der Waals surface area contributed by atoms with E-state index in [4.69, 9.17) is 5.73 Å². The van der Waals surface area contributed by atoms with Crippen LogP contribution in [0.5, 0.6) is 0 Å². The Balaban J connectivity index is 2.35. The van der Waals surface area contributed by atoms with Gasteiger partial charge in [0, 0.05) is 18.5 Å². The molecular formula is C14H20N4. The van der Waals surface area contributed by atoms with Crippen LogP contribution in [0.3, 0.4) is 0 Å². The molecule has 2 rings (SSSR count). The number of benzene rings is 1. The number of anilines is 1. The minimum Gasteiger partial charge on any atom is -0.399 e. The van der Waals surface area contributed by atoms with E-state index in [2.05, 4.69) is 30.9 Å². The molecule has 0 saturated heterocycles. The van der Waals surface area contributed by atoms with E-state index in [1.165, 1.54) is 5.56 Å². The van der Waals surface area contributed by atoms with Gasteiger partial charge in [-0.3, -0.25) is 0 Å². The summed E-state index contributed by atoms with van der Waals surface area (Å²) in [5.41, 5.74) is 7.70. The zero-order valence-electron chi connectivity index (χ0n) is 11.2. The average Bonchev–Trinajstić information content (AvgIpc) is 2.82. The van der Waals surface area contributed by atoms with Crippen molar-refractivity contribution in [1.82, 2.24) is 14.8 Å². The first-order valence-corrected chi connectivity index (χ1v) is 6.45. The zero-order chi connectivity index (χ0) is 13.1. The maximum Gasteiger partial charge on any atom is 0.150 e. The van der Waals surface area contributed by atoms with Gasteiger partial charge in [-0.1, -0.05) is 26.0 Å². The van der Waals surface area contributed by atoms with E-state index >= 15 is 0 Å². The van der Waals surface area contributed by atoms with Crippen LogP contribution in [0, 0.1) is 0 Å². The maximum atomic E-state index is 5.71. The molecule has 0 radical (unpaired) electrons. The number of nitrogens with zero attached hydrogens (tertiary/aromatic N) is 3. The third-order valence-corrected chi connectivity index (χ3v) is 3.16. The Morgan fingerprint density at radius 3 is 2.39 bits per heavy atom. The molecule has 0 bridgehead atoms. The highest BCUT2D eigenvalue weighted by Crippen LogP contribution is 2.20. The van der Waals surface area contributed by atoms with E-state index in [9.17, 15) is 0 Å². The predicted octanol–water partition coefficient (Wildman–Crippen LogP) is 2.59. The zero-order valence-corrected chi connectivity index (χ0v) is 11.2. The molecule has 1 aromatic heterocycles. The third kappa shape index (κ3) is 2.37. The number of aromatic nitrogens is 3. The summed E-state index contributed by atoms with van der Waals surface area (Å²) >= 11 is 0. The second kappa shape index (κ2) is 5.21. The van der Waals surface area contributed by atoms with Crippen LogP contribution in [-0.2, 0) is 12.8 Å². The lowest BCUT2D eigenvalue weighted by Gasteiger charge is -2.14. The summed E-state index contributed by atoms with van der Waals surface area (Å²) in [6.45, 7) is 6.32. The second-order valence-corrected chi connectivity index (χ2v) is 4.44. The first-order valence-electron chi connectivity index (χ1n) is 6.45. The highest BCUT2D eigenvalue weighted by atomic mass is 15.4. The van der Waals surface area contributed by atoms with Gasteiger partial charge in [-0.15, -0.1) is 0 Å². The number of nitrogens with two attached hydrogens (primary N) is 1. The second-order valence-electron chi connectivity index (χ2n) is 4.44. The lowest BCUT2D eigenvalue weighted by atomic mass is 10.1. The molecule has 0 aliphatic carbocycles. The Morgan fingerprint density at radius 1 is 1.17 bits per heavy atom. The first kappa shape index (κ1) is 12.6. The maximum absolute atomic E-state index is 5.71. The van der Waals surface area contributed by atoms with Crippen molar-refractivity contribution < 1.29 is 0 Å². The van der Waals surface area contributed by atoms with Crippen LogP contribution in [0.2, 0.25) is 0 Å². The van der Waals surface area contributed by atoms with Crippen LogP contribution in [0.15, 0.2) is 24.3 Å². The van der Waals surface area contributed by atoms with Crippen molar-refractivity contribution in [2.24, 2.45) is 0 Å². The van der Waals surface area contributed by atoms with Crippen LogP contribution in [-0.4, -0.2) is 14.8 Å². The fraction of sp³-hybridized carbons (Fsp3) is 0.429. The molecule has 4 nitrogen and oxygen atoms in total. The van der Waals surface area contributed by atoms with Gasteiger partial charge < -0.3 is 5.73 Å². The molecule has 1 atom stereocenters. The molecule has 0 fully saturated rings. The fourth-order valence-electron chi connectivity index (χ4n) is 2.02. The normalized spacial score (nSPS) is 12.6. The van der Waals surface area contributed by atoms with Crippen molar-refractivity contribution in [2.45, 2.75) is 39.7 Å². The van der Waals surface area contributed by atoms with Crippen molar-refractivity contribution in [3.63, 3.8) is 0 Å². The molecule has 2 N–H and O–H groups in total. The Bertz CT molecular complexity index is 513. The summed E-state index contributed by atoms with van der Waals surface area (Å²) in [6, 6.07) is 8.14. The van der Waals surface area contributed by atoms with Crippen LogP contribution >= 0.6 is 0 Å². The van der Waals surface area contributed by atoms with E-state index in [0.717, 1.165) is 30.2 Å². The van der Waals surface area contributed by atoms with Gasteiger partial charge in [-0.2, -0.15) is 5.10 Å². The van der Waals surface area contributed by atoms with Gasteiger partial charge in [0.25, 0.3) is 0 Å². The molecule has 2 aromatic rings. The summed E-state index contributed by atoms with van der Waals surface area (Å²) in [5, 5.41) is 4.57. The summed E-state index contributed by atoms with van der Waals surface area (Å²) < 4.78 is 2.02. The largest absolute Gasteiger partial charge is 0.399 e. The van der Waals surface area contributed by atoms with Crippen LogP contribution < -0.4 is 5.73 Å². The van der Waals surface area contributed by atoms with E-state index in [1.807, 2.05) is 28.9 Å². The SMILES string of the molecule is CCc1nc(CC)n(C(C)c2ccc(N)cc2)n1. The lowest BCUT2D eigenvalue weighted by Crippen LogP contribution is -2.12. The summed E-state index contributed by atoms with van der Waals surface area (Å²) in [7, 11) is 0.